The maximum Gasteiger partial charge on any atom is 0.227 e. The number of furan rings is 1. The number of ether oxygens (including phenoxy) is 1. The molecule has 2 aromatic rings. The Labute approximate surface area is 146 Å². The number of nitrogens with one attached hydrogen (secondary N) is 1. The van der Waals surface area contributed by atoms with E-state index in [-0.39, 0.29) is 17.4 Å². The number of aromatic nitrogens is 2. The minimum absolute atomic E-state index is 0.0364. The van der Waals surface area contributed by atoms with Crippen LogP contribution >= 0.6 is 0 Å². The van der Waals surface area contributed by atoms with Gasteiger partial charge in [0.25, 0.3) is 0 Å². The Morgan fingerprint density at radius 3 is 3.04 bits per heavy atom. The van der Waals surface area contributed by atoms with Crippen LogP contribution in [0.1, 0.15) is 44.9 Å². The van der Waals surface area contributed by atoms with E-state index in [9.17, 15) is 4.79 Å². The van der Waals surface area contributed by atoms with E-state index in [0.29, 0.717) is 30.7 Å². The number of aryl methyl sites for hydroxylation is 1. The molecule has 0 radical (unpaired) electrons. The first-order chi connectivity index (χ1) is 12.2. The zero-order valence-electron chi connectivity index (χ0n) is 14.4. The molecule has 4 rings (SSSR count). The van der Waals surface area contributed by atoms with E-state index in [1.807, 2.05) is 6.92 Å². The van der Waals surface area contributed by atoms with E-state index in [0.717, 1.165) is 31.4 Å². The third kappa shape index (κ3) is 2.97. The smallest absolute Gasteiger partial charge is 0.227 e. The summed E-state index contributed by atoms with van der Waals surface area (Å²) >= 11 is 0. The van der Waals surface area contributed by atoms with Gasteiger partial charge < -0.3 is 19.0 Å². The van der Waals surface area contributed by atoms with Crippen molar-refractivity contribution in [1.29, 1.82) is 0 Å². The first-order valence-electron chi connectivity index (χ1n) is 8.97. The second-order valence-electron chi connectivity index (χ2n) is 6.91. The molecule has 2 aromatic heterocycles. The second kappa shape index (κ2) is 6.63. The summed E-state index contributed by atoms with van der Waals surface area (Å²) in [5.41, 5.74) is 0.952. The van der Waals surface area contributed by atoms with Crippen LogP contribution in [0.15, 0.2) is 27.5 Å². The van der Waals surface area contributed by atoms with Crippen LogP contribution in [0.3, 0.4) is 0 Å². The second-order valence-corrected chi connectivity index (χ2v) is 6.91. The summed E-state index contributed by atoms with van der Waals surface area (Å²) in [6.07, 6.45) is 8.67. The van der Waals surface area contributed by atoms with E-state index < -0.39 is 0 Å². The summed E-state index contributed by atoms with van der Waals surface area (Å²) in [4.78, 5) is 16.6. The highest BCUT2D eigenvalue weighted by atomic mass is 16.5. The van der Waals surface area contributed by atoms with Gasteiger partial charge in [0.1, 0.15) is 6.26 Å². The molecular formula is C18H23N3O4. The third-order valence-electron chi connectivity index (χ3n) is 5.59. The highest BCUT2D eigenvalue weighted by molar-refractivity contribution is 5.76. The molecule has 134 valence electrons. The summed E-state index contributed by atoms with van der Waals surface area (Å²) < 4.78 is 16.0. The minimum atomic E-state index is 0.0364. The monoisotopic (exact) mass is 345 g/mol. The molecule has 2 aliphatic rings. The summed E-state index contributed by atoms with van der Waals surface area (Å²) in [5, 5.41) is 7.08. The molecule has 25 heavy (non-hydrogen) atoms. The lowest BCUT2D eigenvalue weighted by Gasteiger charge is -2.61. The van der Waals surface area contributed by atoms with Gasteiger partial charge in [-0.1, -0.05) is 11.6 Å². The normalized spacial score (nSPS) is 23.9. The van der Waals surface area contributed by atoms with Crippen LogP contribution in [0.4, 0.5) is 0 Å². The fourth-order valence-corrected chi connectivity index (χ4v) is 3.99. The van der Waals surface area contributed by atoms with Crippen molar-refractivity contribution in [1.82, 2.24) is 15.5 Å². The lowest BCUT2D eigenvalue weighted by Crippen LogP contribution is -2.67. The Kier molecular flexibility index (Phi) is 4.33. The van der Waals surface area contributed by atoms with Gasteiger partial charge in [0.2, 0.25) is 17.6 Å². The van der Waals surface area contributed by atoms with Crippen LogP contribution in [-0.4, -0.2) is 34.8 Å². The van der Waals surface area contributed by atoms with E-state index in [1.165, 1.54) is 6.42 Å². The number of carbonyl (C=O) groups excluding carboxylic acids is 1. The van der Waals surface area contributed by atoms with Crippen LogP contribution in [0, 0.1) is 5.41 Å². The van der Waals surface area contributed by atoms with Gasteiger partial charge in [-0.25, -0.2) is 0 Å². The first kappa shape index (κ1) is 16.3. The zero-order valence-corrected chi connectivity index (χ0v) is 14.4. The SMILES string of the molecule is CCO[C@H]1C[C@H](NC(=O)CCc2nc(-c3ccoc3)no2)C12CCC2. The predicted octanol–water partition coefficient (Wildman–Crippen LogP) is 2.73. The van der Waals surface area contributed by atoms with Crippen molar-refractivity contribution in [2.75, 3.05) is 6.61 Å². The van der Waals surface area contributed by atoms with E-state index in [1.54, 1.807) is 18.6 Å². The van der Waals surface area contributed by atoms with Crippen molar-refractivity contribution >= 4 is 5.91 Å². The average molecular weight is 345 g/mol. The lowest BCUT2D eigenvalue weighted by atomic mass is 9.51. The molecule has 7 nitrogen and oxygen atoms in total. The first-order valence-corrected chi connectivity index (χ1v) is 8.97. The van der Waals surface area contributed by atoms with Gasteiger partial charge in [-0.2, -0.15) is 4.98 Å². The molecule has 2 atom stereocenters. The summed E-state index contributed by atoms with van der Waals surface area (Å²) in [5.74, 6) is 0.982. The van der Waals surface area contributed by atoms with Crippen molar-refractivity contribution in [3.63, 3.8) is 0 Å². The molecule has 2 aliphatic carbocycles. The maximum absolute atomic E-state index is 12.3. The summed E-state index contributed by atoms with van der Waals surface area (Å²) in [7, 11) is 0. The molecule has 0 bridgehead atoms. The Balaban J connectivity index is 1.27. The van der Waals surface area contributed by atoms with Crippen molar-refractivity contribution in [3.05, 3.63) is 24.5 Å². The van der Waals surface area contributed by atoms with Gasteiger partial charge in [-0.05, 0) is 32.3 Å². The molecule has 0 aromatic carbocycles. The Hall–Kier alpha value is -2.15. The number of carbonyl (C=O) groups is 1. The molecule has 0 saturated heterocycles. The van der Waals surface area contributed by atoms with Gasteiger partial charge in [0.05, 0.1) is 17.9 Å². The predicted molar refractivity (Wildman–Crippen MR) is 88.6 cm³/mol. The molecule has 2 saturated carbocycles. The lowest BCUT2D eigenvalue weighted by molar-refractivity contribution is -0.175. The Bertz CT molecular complexity index is 721. The molecule has 1 amide bonds. The zero-order chi connectivity index (χ0) is 17.3. The standard InChI is InChI=1S/C18H23N3O4/c1-2-24-14-10-13(18(14)7-3-8-18)19-15(22)4-5-16-20-17(21-25-16)12-6-9-23-11-12/h6,9,11,13-14H,2-5,7-8,10H2,1H3,(H,19,22)/t13-,14-/m0/s1. The third-order valence-corrected chi connectivity index (χ3v) is 5.59. The molecule has 2 fully saturated rings. The van der Waals surface area contributed by atoms with Gasteiger partial charge in [-0.15, -0.1) is 0 Å². The summed E-state index contributed by atoms with van der Waals surface area (Å²) in [6.45, 7) is 2.77. The highest BCUT2D eigenvalue weighted by Gasteiger charge is 2.59. The minimum Gasteiger partial charge on any atom is -0.472 e. The molecule has 0 aliphatic heterocycles. The average Bonchev–Trinajstić information content (AvgIpc) is 3.21. The molecule has 1 N–H and O–H groups in total. The van der Waals surface area contributed by atoms with E-state index in [4.69, 9.17) is 13.7 Å². The fraction of sp³-hybridized carbons (Fsp3) is 0.611. The number of hydrogen-bond donors (Lipinski definition) is 1. The van der Waals surface area contributed by atoms with Crippen LogP contribution in [-0.2, 0) is 16.0 Å². The van der Waals surface area contributed by atoms with Crippen LogP contribution in [0.5, 0.6) is 0 Å². The van der Waals surface area contributed by atoms with Gasteiger partial charge in [-0.3, -0.25) is 4.79 Å². The molecule has 0 unspecified atom stereocenters. The summed E-state index contributed by atoms with van der Waals surface area (Å²) in [6, 6.07) is 2.01. The number of nitrogens with zero attached hydrogens (tertiary/aromatic N) is 2. The van der Waals surface area contributed by atoms with E-state index >= 15 is 0 Å². The molecular weight excluding hydrogens is 322 g/mol. The molecule has 1 spiro atoms. The quantitative estimate of drug-likeness (QED) is 0.830. The van der Waals surface area contributed by atoms with Crippen molar-refractivity contribution in [3.8, 4) is 11.4 Å². The highest BCUT2D eigenvalue weighted by Crippen LogP contribution is 2.57. The number of hydrogen-bond acceptors (Lipinski definition) is 6. The van der Waals surface area contributed by atoms with Crippen molar-refractivity contribution in [2.24, 2.45) is 5.41 Å². The van der Waals surface area contributed by atoms with Crippen LogP contribution in [0.25, 0.3) is 11.4 Å². The Morgan fingerprint density at radius 1 is 1.48 bits per heavy atom. The van der Waals surface area contributed by atoms with Crippen LogP contribution in [0.2, 0.25) is 0 Å². The largest absolute Gasteiger partial charge is 0.472 e. The number of rotatable bonds is 7. The van der Waals surface area contributed by atoms with Gasteiger partial charge in [0.15, 0.2) is 0 Å². The van der Waals surface area contributed by atoms with E-state index in [2.05, 4.69) is 15.5 Å². The molecule has 7 heteroatoms. The topological polar surface area (TPSA) is 90.4 Å². The van der Waals surface area contributed by atoms with Crippen LogP contribution < -0.4 is 5.32 Å². The van der Waals surface area contributed by atoms with Crippen molar-refractivity contribution < 1.29 is 18.5 Å². The van der Waals surface area contributed by atoms with Gasteiger partial charge in [0, 0.05) is 30.9 Å². The Morgan fingerprint density at radius 2 is 2.36 bits per heavy atom. The van der Waals surface area contributed by atoms with Gasteiger partial charge >= 0.3 is 0 Å². The molecule has 2 heterocycles. The fourth-order valence-electron chi connectivity index (χ4n) is 3.99. The number of amides is 1. The van der Waals surface area contributed by atoms with Crippen molar-refractivity contribution in [2.45, 2.75) is 57.6 Å². The maximum atomic E-state index is 12.3.